The zero-order valence-electron chi connectivity index (χ0n) is 10.9. The first-order valence-corrected chi connectivity index (χ1v) is 8.15. The van der Waals surface area contributed by atoms with E-state index in [-0.39, 0.29) is 5.38 Å². The van der Waals surface area contributed by atoms with E-state index in [0.717, 1.165) is 15.4 Å². The molecule has 0 aliphatic heterocycles. The molecule has 0 amide bonds. The van der Waals surface area contributed by atoms with E-state index in [1.165, 1.54) is 22.3 Å². The molecule has 0 bridgehead atoms. The predicted octanol–water partition coefficient (Wildman–Crippen LogP) is 6.35. The first kappa shape index (κ1) is 15.1. The molecule has 0 fully saturated rings. The smallest absolute Gasteiger partial charge is 0.0628 e. The van der Waals surface area contributed by atoms with E-state index < -0.39 is 0 Å². The third kappa shape index (κ3) is 3.84. The molecule has 2 aromatic rings. The minimum Gasteiger partial charge on any atom is -0.117 e. The molecule has 2 rings (SSSR count). The minimum absolute atomic E-state index is 0.00738. The Morgan fingerprint density at radius 2 is 1.63 bits per heavy atom. The van der Waals surface area contributed by atoms with Crippen molar-refractivity contribution in [3.63, 3.8) is 0 Å². The zero-order chi connectivity index (χ0) is 14.0. The van der Waals surface area contributed by atoms with Gasteiger partial charge in [0.05, 0.1) is 5.38 Å². The summed E-state index contributed by atoms with van der Waals surface area (Å²) in [7, 11) is 0. The highest BCUT2D eigenvalue weighted by Crippen LogP contribution is 2.31. The number of hydrogen-bond donors (Lipinski definition) is 0. The van der Waals surface area contributed by atoms with E-state index in [4.69, 9.17) is 11.6 Å². The second kappa shape index (κ2) is 6.43. The van der Waals surface area contributed by atoms with E-state index in [0.29, 0.717) is 0 Å². The summed E-state index contributed by atoms with van der Waals surface area (Å²) in [6, 6.07) is 12.6. The Labute approximate surface area is 136 Å². The summed E-state index contributed by atoms with van der Waals surface area (Å²) < 4.78 is 2.24. The molecule has 3 heteroatoms. The molecule has 0 aliphatic carbocycles. The van der Waals surface area contributed by atoms with Gasteiger partial charge < -0.3 is 0 Å². The predicted molar refractivity (Wildman–Crippen MR) is 90.1 cm³/mol. The molecule has 0 N–H and O–H groups in total. The van der Waals surface area contributed by atoms with Gasteiger partial charge in [-0.25, -0.2) is 0 Å². The Kier molecular flexibility index (Phi) is 5.10. The normalized spacial score (nSPS) is 12.5. The molecule has 0 aromatic heterocycles. The van der Waals surface area contributed by atoms with Crippen molar-refractivity contribution in [2.24, 2.45) is 0 Å². The lowest BCUT2D eigenvalue weighted by Crippen LogP contribution is -1.99. The highest BCUT2D eigenvalue weighted by atomic mass is 79.9. The van der Waals surface area contributed by atoms with Gasteiger partial charge in [0.25, 0.3) is 0 Å². The lowest BCUT2D eigenvalue weighted by atomic mass is 9.98. The van der Waals surface area contributed by atoms with Gasteiger partial charge in [0.15, 0.2) is 0 Å². The fraction of sp³-hybridized carbons (Fsp3) is 0.250. The summed E-state index contributed by atoms with van der Waals surface area (Å²) in [5, 5.41) is 0.00738. The fourth-order valence-corrected chi connectivity index (χ4v) is 3.21. The second-order valence-electron chi connectivity index (χ2n) is 4.76. The number of benzene rings is 2. The van der Waals surface area contributed by atoms with Gasteiger partial charge in [-0.15, -0.1) is 11.6 Å². The Bertz CT molecular complexity index is 576. The van der Waals surface area contributed by atoms with Crippen molar-refractivity contribution in [3.8, 4) is 0 Å². The maximum atomic E-state index is 6.58. The van der Waals surface area contributed by atoms with Crippen molar-refractivity contribution in [1.29, 1.82) is 0 Å². The van der Waals surface area contributed by atoms with Crippen molar-refractivity contribution in [1.82, 2.24) is 0 Å². The van der Waals surface area contributed by atoms with Crippen LogP contribution in [0.4, 0.5) is 0 Å². The van der Waals surface area contributed by atoms with Crippen LogP contribution in [-0.4, -0.2) is 0 Å². The summed E-state index contributed by atoms with van der Waals surface area (Å²) in [6.07, 6.45) is 0.844. The highest BCUT2D eigenvalue weighted by Gasteiger charge is 2.13. The third-order valence-corrected chi connectivity index (χ3v) is 4.99. The van der Waals surface area contributed by atoms with Gasteiger partial charge in [0.2, 0.25) is 0 Å². The van der Waals surface area contributed by atoms with Crippen LogP contribution in [0.15, 0.2) is 45.3 Å². The summed E-state index contributed by atoms with van der Waals surface area (Å²) in [5.74, 6) is 0. The van der Waals surface area contributed by atoms with Gasteiger partial charge in [0, 0.05) is 8.95 Å². The lowest BCUT2D eigenvalue weighted by Gasteiger charge is -2.15. The Morgan fingerprint density at radius 1 is 1.00 bits per heavy atom. The van der Waals surface area contributed by atoms with E-state index in [1.807, 2.05) is 0 Å². The van der Waals surface area contributed by atoms with Crippen molar-refractivity contribution in [2.45, 2.75) is 25.6 Å². The minimum atomic E-state index is 0.00738. The van der Waals surface area contributed by atoms with Crippen molar-refractivity contribution in [2.75, 3.05) is 0 Å². The van der Waals surface area contributed by atoms with E-state index in [1.54, 1.807) is 0 Å². The van der Waals surface area contributed by atoms with Crippen molar-refractivity contribution >= 4 is 43.5 Å². The van der Waals surface area contributed by atoms with Gasteiger partial charge in [-0.2, -0.15) is 0 Å². The molecule has 0 spiro atoms. The van der Waals surface area contributed by atoms with E-state index in [2.05, 4.69) is 82.1 Å². The van der Waals surface area contributed by atoms with Crippen LogP contribution in [0.3, 0.4) is 0 Å². The Balaban J connectivity index is 2.22. The van der Waals surface area contributed by atoms with Crippen LogP contribution in [0.2, 0.25) is 0 Å². The maximum absolute atomic E-state index is 6.58. The zero-order valence-corrected chi connectivity index (χ0v) is 14.8. The molecule has 0 heterocycles. The first-order chi connectivity index (χ1) is 8.97. The molecule has 1 unspecified atom stereocenters. The molecule has 100 valence electrons. The van der Waals surface area contributed by atoms with Gasteiger partial charge in [-0.3, -0.25) is 0 Å². The molecule has 19 heavy (non-hydrogen) atoms. The standard InChI is InChI=1S/C16H15Br2Cl/c1-10-8-15(18)11(2)7-14(10)16(19)9-12-3-5-13(17)6-4-12/h3-8,16H,9H2,1-2H3. The number of halogens is 3. The number of hydrogen-bond acceptors (Lipinski definition) is 0. The monoisotopic (exact) mass is 400 g/mol. The average molecular weight is 403 g/mol. The largest absolute Gasteiger partial charge is 0.117 e. The van der Waals surface area contributed by atoms with Crippen LogP contribution in [0.1, 0.15) is 27.6 Å². The molecule has 0 saturated heterocycles. The fourth-order valence-electron chi connectivity index (χ4n) is 2.08. The summed E-state index contributed by atoms with van der Waals surface area (Å²) in [5.41, 5.74) is 4.92. The van der Waals surface area contributed by atoms with Crippen molar-refractivity contribution < 1.29 is 0 Å². The molecular formula is C16H15Br2Cl. The van der Waals surface area contributed by atoms with Crippen LogP contribution in [0.25, 0.3) is 0 Å². The van der Waals surface area contributed by atoms with Crippen LogP contribution in [0, 0.1) is 13.8 Å². The Morgan fingerprint density at radius 3 is 2.26 bits per heavy atom. The van der Waals surface area contributed by atoms with E-state index in [9.17, 15) is 0 Å². The second-order valence-corrected chi connectivity index (χ2v) is 7.05. The number of rotatable bonds is 3. The van der Waals surface area contributed by atoms with Crippen LogP contribution in [-0.2, 0) is 6.42 Å². The number of aryl methyl sites for hydroxylation is 2. The Hall–Kier alpha value is -0.310. The number of alkyl halides is 1. The maximum Gasteiger partial charge on any atom is 0.0628 e. The van der Waals surface area contributed by atoms with Crippen LogP contribution < -0.4 is 0 Å². The van der Waals surface area contributed by atoms with E-state index >= 15 is 0 Å². The molecule has 0 saturated carbocycles. The molecule has 2 aromatic carbocycles. The van der Waals surface area contributed by atoms with Gasteiger partial charge in [0.1, 0.15) is 0 Å². The molecule has 0 aliphatic rings. The third-order valence-electron chi connectivity index (χ3n) is 3.21. The van der Waals surface area contributed by atoms with Gasteiger partial charge in [-0.1, -0.05) is 50.1 Å². The van der Waals surface area contributed by atoms with Crippen LogP contribution >= 0.6 is 43.5 Å². The van der Waals surface area contributed by atoms with Gasteiger partial charge >= 0.3 is 0 Å². The average Bonchev–Trinajstić information content (AvgIpc) is 2.36. The SMILES string of the molecule is Cc1cc(C(Cl)Cc2ccc(Br)cc2)c(C)cc1Br. The topological polar surface area (TPSA) is 0 Å². The summed E-state index contributed by atoms with van der Waals surface area (Å²) in [4.78, 5) is 0. The molecule has 0 nitrogen and oxygen atoms in total. The van der Waals surface area contributed by atoms with Crippen molar-refractivity contribution in [3.05, 3.63) is 67.6 Å². The summed E-state index contributed by atoms with van der Waals surface area (Å²) >= 11 is 13.6. The molecular weight excluding hydrogens is 387 g/mol. The quantitative estimate of drug-likeness (QED) is 0.525. The highest BCUT2D eigenvalue weighted by molar-refractivity contribution is 9.10. The lowest BCUT2D eigenvalue weighted by molar-refractivity contribution is 0.907. The summed E-state index contributed by atoms with van der Waals surface area (Å²) in [6.45, 7) is 4.20. The first-order valence-electron chi connectivity index (χ1n) is 6.12. The molecule has 1 atom stereocenters. The molecule has 0 radical (unpaired) electrons. The van der Waals surface area contributed by atoms with Gasteiger partial charge in [-0.05, 0) is 60.7 Å². The van der Waals surface area contributed by atoms with Crippen LogP contribution in [0.5, 0.6) is 0 Å².